The van der Waals surface area contributed by atoms with Crippen molar-refractivity contribution in [3.8, 4) is 0 Å². The van der Waals surface area contributed by atoms with E-state index in [1.807, 2.05) is 83.1 Å². The first-order chi connectivity index (χ1) is 11.2. The second-order valence-electron chi connectivity index (χ2n) is 7.41. The summed E-state index contributed by atoms with van der Waals surface area (Å²) >= 11 is 0. The lowest BCUT2D eigenvalue weighted by atomic mass is 9.78. The Bertz CT molecular complexity index is 747. The van der Waals surface area contributed by atoms with Gasteiger partial charge in [-0.2, -0.15) is 0 Å². The van der Waals surface area contributed by atoms with Gasteiger partial charge in [0.2, 0.25) is 0 Å². The molecule has 0 amide bonds. The van der Waals surface area contributed by atoms with E-state index in [1.165, 1.54) is 0 Å². The van der Waals surface area contributed by atoms with Gasteiger partial charge in [0, 0.05) is 11.1 Å². The molecule has 2 aromatic rings. The third-order valence-corrected chi connectivity index (χ3v) is 4.99. The molecule has 0 spiro atoms. The highest BCUT2D eigenvalue weighted by molar-refractivity contribution is 6.62. The summed E-state index contributed by atoms with van der Waals surface area (Å²) in [5, 5.41) is 0. The van der Waals surface area contributed by atoms with E-state index in [-0.39, 0.29) is 5.78 Å². The Morgan fingerprint density at radius 2 is 1.46 bits per heavy atom. The molecule has 3 nitrogen and oxygen atoms in total. The van der Waals surface area contributed by atoms with E-state index < -0.39 is 18.3 Å². The monoisotopic (exact) mass is 322 g/mol. The number of ketones is 1. The van der Waals surface area contributed by atoms with Crippen molar-refractivity contribution in [2.24, 2.45) is 0 Å². The predicted octanol–water partition coefficient (Wildman–Crippen LogP) is 3.53. The molecular weight excluding hydrogens is 299 g/mol. The van der Waals surface area contributed by atoms with Crippen LogP contribution >= 0.6 is 0 Å². The molecule has 1 saturated heterocycles. The Balaban J connectivity index is 1.88. The van der Waals surface area contributed by atoms with Crippen LogP contribution in [0, 0.1) is 6.92 Å². The molecule has 0 aromatic heterocycles. The Kier molecular flexibility index (Phi) is 4.14. The van der Waals surface area contributed by atoms with Crippen molar-refractivity contribution in [3.05, 3.63) is 65.2 Å². The van der Waals surface area contributed by atoms with Gasteiger partial charge in [-0.3, -0.25) is 4.79 Å². The van der Waals surface area contributed by atoms with Crippen molar-refractivity contribution in [2.75, 3.05) is 0 Å². The van der Waals surface area contributed by atoms with Crippen LogP contribution in [-0.4, -0.2) is 24.1 Å². The van der Waals surface area contributed by atoms with Crippen molar-refractivity contribution >= 4 is 18.4 Å². The van der Waals surface area contributed by atoms with Crippen LogP contribution in [0.1, 0.15) is 49.2 Å². The minimum absolute atomic E-state index is 0.00775. The van der Waals surface area contributed by atoms with Gasteiger partial charge in [-0.25, -0.2) is 0 Å². The van der Waals surface area contributed by atoms with E-state index in [0.717, 1.165) is 11.0 Å². The molecule has 1 fully saturated rings. The first-order valence-corrected chi connectivity index (χ1v) is 8.27. The quantitative estimate of drug-likeness (QED) is 0.641. The highest BCUT2D eigenvalue weighted by Crippen LogP contribution is 2.36. The summed E-state index contributed by atoms with van der Waals surface area (Å²) in [7, 11) is -0.458. The summed E-state index contributed by atoms with van der Waals surface area (Å²) < 4.78 is 12.1. The first kappa shape index (κ1) is 16.9. The summed E-state index contributed by atoms with van der Waals surface area (Å²) in [5.74, 6) is 0.00775. The highest BCUT2D eigenvalue weighted by Gasteiger charge is 2.51. The summed E-state index contributed by atoms with van der Waals surface area (Å²) in [4.78, 5) is 12.7. The zero-order valence-corrected chi connectivity index (χ0v) is 14.9. The van der Waals surface area contributed by atoms with E-state index in [4.69, 9.17) is 9.31 Å². The van der Waals surface area contributed by atoms with Crippen LogP contribution in [0.15, 0.2) is 48.5 Å². The third-order valence-electron chi connectivity index (χ3n) is 4.99. The van der Waals surface area contributed by atoms with Crippen LogP contribution in [0.2, 0.25) is 0 Å². The van der Waals surface area contributed by atoms with Gasteiger partial charge in [0.1, 0.15) is 0 Å². The number of aryl methyl sites for hydroxylation is 1. The molecule has 0 N–H and O–H groups in total. The van der Waals surface area contributed by atoms with E-state index in [9.17, 15) is 4.79 Å². The Morgan fingerprint density at radius 1 is 0.875 bits per heavy atom. The molecule has 1 aliphatic heterocycles. The number of rotatable bonds is 3. The second kappa shape index (κ2) is 5.87. The van der Waals surface area contributed by atoms with Gasteiger partial charge in [-0.1, -0.05) is 54.1 Å². The first-order valence-electron chi connectivity index (χ1n) is 8.27. The Labute approximate surface area is 144 Å². The topological polar surface area (TPSA) is 35.5 Å². The summed E-state index contributed by atoms with van der Waals surface area (Å²) in [5.41, 5.74) is 2.55. The standard InChI is InChI=1S/C20H23BO3/c1-14-9-11-15(12-10-14)18(22)16-7-6-8-17(13-16)21-23-19(2,3)20(4,5)24-21/h6-13H,1-5H3. The predicted molar refractivity (Wildman–Crippen MR) is 96.8 cm³/mol. The fraction of sp³-hybridized carbons (Fsp3) is 0.350. The SMILES string of the molecule is Cc1ccc(C(=O)c2cccc(B3OC(C)(C)C(C)(C)O3)c2)cc1. The number of hydrogen-bond acceptors (Lipinski definition) is 3. The number of benzene rings is 2. The van der Waals surface area contributed by atoms with Crippen LogP contribution in [0.4, 0.5) is 0 Å². The summed E-state index contributed by atoms with van der Waals surface area (Å²) in [6.45, 7) is 10.1. The van der Waals surface area contributed by atoms with E-state index in [1.54, 1.807) is 0 Å². The molecule has 0 radical (unpaired) electrons. The van der Waals surface area contributed by atoms with Crippen molar-refractivity contribution in [1.82, 2.24) is 0 Å². The minimum Gasteiger partial charge on any atom is -0.399 e. The molecule has 1 heterocycles. The molecule has 0 aliphatic carbocycles. The molecule has 0 atom stereocenters. The summed E-state index contributed by atoms with van der Waals surface area (Å²) in [6.07, 6.45) is 0. The lowest BCUT2D eigenvalue weighted by Gasteiger charge is -2.32. The van der Waals surface area contributed by atoms with Gasteiger partial charge in [0.15, 0.2) is 5.78 Å². The molecular formula is C20H23BO3. The molecule has 24 heavy (non-hydrogen) atoms. The van der Waals surface area contributed by atoms with Crippen LogP contribution in [0.3, 0.4) is 0 Å². The van der Waals surface area contributed by atoms with Crippen molar-refractivity contribution in [2.45, 2.75) is 45.8 Å². The van der Waals surface area contributed by atoms with Gasteiger partial charge < -0.3 is 9.31 Å². The third kappa shape index (κ3) is 3.04. The number of hydrogen-bond donors (Lipinski definition) is 0. The highest BCUT2D eigenvalue weighted by atomic mass is 16.7. The van der Waals surface area contributed by atoms with Gasteiger partial charge in [0.05, 0.1) is 11.2 Å². The molecule has 1 aliphatic rings. The molecule has 3 rings (SSSR count). The molecule has 4 heteroatoms. The Morgan fingerprint density at radius 3 is 2.04 bits per heavy atom. The lowest BCUT2D eigenvalue weighted by molar-refractivity contribution is 0.00578. The molecule has 0 bridgehead atoms. The maximum atomic E-state index is 12.7. The van der Waals surface area contributed by atoms with Gasteiger partial charge in [0.25, 0.3) is 0 Å². The maximum absolute atomic E-state index is 12.7. The van der Waals surface area contributed by atoms with Crippen LogP contribution in [0.5, 0.6) is 0 Å². The fourth-order valence-electron chi connectivity index (χ4n) is 2.68. The zero-order chi connectivity index (χ0) is 17.5. The Hall–Kier alpha value is -1.91. The van der Waals surface area contributed by atoms with Crippen molar-refractivity contribution in [3.63, 3.8) is 0 Å². The normalized spacial score (nSPS) is 18.6. The van der Waals surface area contributed by atoms with Crippen LogP contribution in [0.25, 0.3) is 0 Å². The zero-order valence-electron chi connectivity index (χ0n) is 14.9. The fourth-order valence-corrected chi connectivity index (χ4v) is 2.68. The van der Waals surface area contributed by atoms with E-state index in [0.29, 0.717) is 11.1 Å². The van der Waals surface area contributed by atoms with Crippen LogP contribution in [-0.2, 0) is 9.31 Å². The molecule has 124 valence electrons. The van der Waals surface area contributed by atoms with Crippen molar-refractivity contribution < 1.29 is 14.1 Å². The lowest BCUT2D eigenvalue weighted by Crippen LogP contribution is -2.41. The summed E-state index contributed by atoms with van der Waals surface area (Å²) in [6, 6.07) is 15.1. The second-order valence-corrected chi connectivity index (χ2v) is 7.41. The maximum Gasteiger partial charge on any atom is 0.494 e. The number of carbonyl (C=O) groups excluding carboxylic acids is 1. The average Bonchev–Trinajstić information content (AvgIpc) is 2.76. The molecule has 2 aromatic carbocycles. The smallest absolute Gasteiger partial charge is 0.399 e. The van der Waals surface area contributed by atoms with Gasteiger partial charge >= 0.3 is 7.12 Å². The van der Waals surface area contributed by atoms with Crippen LogP contribution < -0.4 is 5.46 Å². The van der Waals surface area contributed by atoms with Crippen molar-refractivity contribution in [1.29, 1.82) is 0 Å². The van der Waals surface area contributed by atoms with Gasteiger partial charge in [-0.15, -0.1) is 0 Å². The van der Waals surface area contributed by atoms with Gasteiger partial charge in [-0.05, 0) is 40.1 Å². The van der Waals surface area contributed by atoms with E-state index in [2.05, 4.69) is 0 Å². The average molecular weight is 322 g/mol. The number of carbonyl (C=O) groups is 1. The van der Waals surface area contributed by atoms with E-state index >= 15 is 0 Å². The molecule has 0 saturated carbocycles. The molecule has 0 unspecified atom stereocenters. The minimum atomic E-state index is -0.458. The largest absolute Gasteiger partial charge is 0.494 e.